The van der Waals surface area contributed by atoms with Crippen LogP contribution in [0.1, 0.15) is 145 Å². The highest BCUT2D eigenvalue weighted by Gasteiger charge is 2.60. The van der Waals surface area contributed by atoms with Gasteiger partial charge in [0.25, 0.3) is 6.71 Å². The third-order valence-corrected chi connectivity index (χ3v) is 20.4. The Kier molecular flexibility index (Phi) is 7.47. The van der Waals surface area contributed by atoms with E-state index in [1.54, 1.807) is 0 Å². The molecule has 352 valence electrons. The minimum Gasteiger partial charge on any atom is -0.334 e. The Morgan fingerprint density at radius 3 is 1.39 bits per heavy atom. The van der Waals surface area contributed by atoms with E-state index in [4.69, 9.17) is 0 Å². The van der Waals surface area contributed by atoms with Gasteiger partial charge in [-0.15, -0.1) is 0 Å². The van der Waals surface area contributed by atoms with Crippen LogP contribution in [0.2, 0.25) is 0 Å². The monoisotopic (exact) mass is 932 g/mol. The van der Waals surface area contributed by atoms with E-state index >= 15 is 0 Å². The summed E-state index contributed by atoms with van der Waals surface area (Å²) in [5.74, 6) is 0. The Hall–Kier alpha value is -6.78. The largest absolute Gasteiger partial charge is 0.334 e. The van der Waals surface area contributed by atoms with Crippen LogP contribution < -0.4 is 31.1 Å². The number of benzene rings is 8. The van der Waals surface area contributed by atoms with E-state index in [1.165, 1.54) is 153 Å². The topological polar surface area (TPSA) is 9.72 Å². The Labute approximate surface area is 426 Å². The summed E-state index contributed by atoms with van der Waals surface area (Å²) < 4.78 is 0. The first kappa shape index (κ1) is 41.8. The molecule has 5 heterocycles. The van der Waals surface area contributed by atoms with Crippen LogP contribution in [-0.4, -0.2) is 12.3 Å². The Balaban J connectivity index is 1.10. The maximum atomic E-state index is 2.84. The van der Waals surface area contributed by atoms with E-state index in [9.17, 15) is 0 Å². The summed E-state index contributed by atoms with van der Waals surface area (Å²) in [4.78, 5) is 8.40. The third kappa shape index (κ3) is 4.54. The smallest absolute Gasteiger partial charge is 0.252 e. The van der Waals surface area contributed by atoms with Crippen molar-refractivity contribution in [3.05, 3.63) is 196 Å². The molecule has 0 aromatic heterocycles. The molecule has 3 nitrogen and oxygen atoms in total. The quantitative estimate of drug-likeness (QED) is 0.152. The van der Waals surface area contributed by atoms with Crippen LogP contribution in [0.4, 0.5) is 45.5 Å². The van der Waals surface area contributed by atoms with Gasteiger partial charge in [-0.2, -0.15) is 0 Å². The van der Waals surface area contributed by atoms with E-state index in [-0.39, 0.29) is 39.3 Å². The van der Waals surface area contributed by atoms with Gasteiger partial charge in [0.1, 0.15) is 0 Å². The molecule has 0 N–H and O–H groups in total. The average molecular weight is 932 g/mol. The lowest BCUT2D eigenvalue weighted by atomic mass is 9.32. The molecule has 3 aliphatic carbocycles. The van der Waals surface area contributed by atoms with Crippen molar-refractivity contribution >= 4 is 68.6 Å². The summed E-state index contributed by atoms with van der Waals surface area (Å²) in [6.07, 6.45) is 4.84. The summed E-state index contributed by atoms with van der Waals surface area (Å²) in [6.45, 7) is 24.8. The van der Waals surface area contributed by atoms with Gasteiger partial charge in [0.2, 0.25) is 0 Å². The van der Waals surface area contributed by atoms with Crippen LogP contribution >= 0.6 is 0 Å². The zero-order valence-electron chi connectivity index (χ0n) is 43.6. The minimum atomic E-state index is -0.350. The predicted molar refractivity (Wildman–Crippen MR) is 303 cm³/mol. The summed E-state index contributed by atoms with van der Waals surface area (Å²) >= 11 is 0. The Morgan fingerprint density at radius 1 is 0.431 bits per heavy atom. The average Bonchev–Trinajstić information content (AvgIpc) is 3.89. The highest BCUT2D eigenvalue weighted by Crippen LogP contribution is 2.68. The molecule has 4 atom stereocenters. The molecule has 0 radical (unpaired) electrons. The zero-order valence-corrected chi connectivity index (χ0v) is 43.6. The Morgan fingerprint density at radius 2 is 0.875 bits per heavy atom. The SMILES string of the molecule is CC(C)(C)c1cc2c3c(c1)C1(C)c4ccccc4-c4cccc(c41)N3c1cc(N3c4ccccc4C4(C)CCCCC34C)cc3c1B2c1cc(C(C)(C)C)cc2c1N3c1cccc3c1C2(C)c1ccccc1-3. The molecule has 0 bridgehead atoms. The second kappa shape index (κ2) is 12.9. The fourth-order valence-corrected chi connectivity index (χ4v) is 16.7. The number of hydrogen-bond donors (Lipinski definition) is 0. The summed E-state index contributed by atoms with van der Waals surface area (Å²) in [6, 6.07) is 58.4. The van der Waals surface area contributed by atoms with Crippen LogP contribution in [0.15, 0.2) is 146 Å². The van der Waals surface area contributed by atoms with Crippen molar-refractivity contribution in [1.82, 2.24) is 0 Å². The highest BCUT2D eigenvalue weighted by atomic mass is 15.3. The second-order valence-corrected chi connectivity index (χ2v) is 25.8. The van der Waals surface area contributed by atoms with Gasteiger partial charge in [-0.05, 0) is 163 Å². The molecule has 0 spiro atoms. The van der Waals surface area contributed by atoms with Gasteiger partial charge in [0.15, 0.2) is 0 Å². The van der Waals surface area contributed by atoms with Crippen molar-refractivity contribution in [2.24, 2.45) is 0 Å². The fourth-order valence-electron chi connectivity index (χ4n) is 16.7. The number of anilines is 8. The van der Waals surface area contributed by atoms with Gasteiger partial charge >= 0.3 is 0 Å². The first-order chi connectivity index (χ1) is 34.5. The summed E-state index contributed by atoms with van der Waals surface area (Å²) in [5.41, 5.74) is 32.3. The standard InChI is InChI=1S/C68H62BN3/c1-63(2,3)39-33-49-61-51(35-39)69-52-36-40(64(4,5)6)34-50-62(52)71(55-30-20-24-45-43-22-12-14-26-47(43)68(50,10)59(45)55)57-38-41(72-53-28-16-15-27-48(53)65(7)31-17-18-32-66(65,72)8)37-56(60(57)69)70(61)54-29-19-23-44-42-21-11-13-25-46(42)67(49,9)58(44)54/h11-16,19-30,33-38H,17-18,31-32H2,1-10H3. The molecule has 1 saturated carbocycles. The van der Waals surface area contributed by atoms with Crippen molar-refractivity contribution in [3.8, 4) is 22.3 Å². The van der Waals surface area contributed by atoms with E-state index < -0.39 is 0 Å². The van der Waals surface area contributed by atoms with Gasteiger partial charge in [-0.3, -0.25) is 0 Å². The molecule has 4 heteroatoms. The molecular formula is C68H62BN3. The summed E-state index contributed by atoms with van der Waals surface area (Å²) in [7, 11) is 0. The number of para-hydroxylation sites is 1. The summed E-state index contributed by atoms with van der Waals surface area (Å²) in [5, 5.41) is 0. The molecule has 8 aromatic carbocycles. The molecule has 16 rings (SSSR count). The van der Waals surface area contributed by atoms with Crippen LogP contribution in [0, 0.1) is 0 Å². The van der Waals surface area contributed by atoms with Crippen molar-refractivity contribution in [3.63, 3.8) is 0 Å². The van der Waals surface area contributed by atoms with Crippen LogP contribution in [0.25, 0.3) is 22.3 Å². The first-order valence-corrected chi connectivity index (χ1v) is 27.0. The minimum absolute atomic E-state index is 0.0139. The zero-order chi connectivity index (χ0) is 49.0. The van der Waals surface area contributed by atoms with Crippen molar-refractivity contribution < 1.29 is 0 Å². The predicted octanol–water partition coefficient (Wildman–Crippen LogP) is 15.4. The van der Waals surface area contributed by atoms with Crippen molar-refractivity contribution in [1.29, 1.82) is 0 Å². The van der Waals surface area contributed by atoms with E-state index in [0.29, 0.717) is 0 Å². The lowest BCUT2D eigenvalue weighted by Gasteiger charge is -2.54. The molecule has 1 fully saturated rings. The van der Waals surface area contributed by atoms with E-state index in [0.717, 1.165) is 6.42 Å². The van der Waals surface area contributed by atoms with Gasteiger partial charge in [0, 0.05) is 50.4 Å². The van der Waals surface area contributed by atoms with Gasteiger partial charge in [-0.25, -0.2) is 0 Å². The van der Waals surface area contributed by atoms with Crippen molar-refractivity contribution in [2.75, 3.05) is 14.7 Å². The molecule has 8 aromatic rings. The Bertz CT molecular complexity index is 3640. The highest BCUT2D eigenvalue weighted by molar-refractivity contribution is 7.00. The number of fused-ring (bicyclic) bond motifs is 17. The van der Waals surface area contributed by atoms with Gasteiger partial charge in [-0.1, -0.05) is 177 Å². The second-order valence-electron chi connectivity index (χ2n) is 25.8. The van der Waals surface area contributed by atoms with Crippen LogP contribution in [0.5, 0.6) is 0 Å². The third-order valence-electron chi connectivity index (χ3n) is 20.4. The molecule has 4 unspecified atom stereocenters. The molecule has 5 aliphatic heterocycles. The molecule has 0 saturated heterocycles. The van der Waals surface area contributed by atoms with Gasteiger partial charge in [0.05, 0.1) is 16.9 Å². The van der Waals surface area contributed by atoms with E-state index in [1.807, 2.05) is 0 Å². The molecule has 0 amide bonds. The van der Waals surface area contributed by atoms with Gasteiger partial charge < -0.3 is 14.7 Å². The normalized spacial score (nSPS) is 24.4. The molecular weight excluding hydrogens is 870 g/mol. The number of nitrogens with zero attached hydrogens (tertiary/aromatic N) is 3. The number of hydrogen-bond acceptors (Lipinski definition) is 3. The maximum absolute atomic E-state index is 2.84. The lowest BCUT2D eigenvalue weighted by molar-refractivity contribution is 0.195. The molecule has 8 aliphatic rings. The van der Waals surface area contributed by atoms with E-state index in [2.05, 4.69) is 230 Å². The number of rotatable bonds is 1. The molecule has 72 heavy (non-hydrogen) atoms. The maximum Gasteiger partial charge on any atom is 0.252 e. The lowest BCUT2D eigenvalue weighted by Crippen LogP contribution is -2.63. The fraction of sp³-hybridized carbons (Fsp3) is 0.294. The van der Waals surface area contributed by atoms with Crippen molar-refractivity contribution in [2.45, 2.75) is 128 Å². The van der Waals surface area contributed by atoms with Crippen LogP contribution in [-0.2, 0) is 27.1 Å². The first-order valence-electron chi connectivity index (χ1n) is 27.0. The van der Waals surface area contributed by atoms with Crippen LogP contribution in [0.3, 0.4) is 0 Å².